The molecule has 11 heteroatoms. The number of carbonyl (C=O) groups is 3. The highest BCUT2D eigenvalue weighted by Gasteiger charge is 2.64. The Bertz CT molecular complexity index is 1520. The van der Waals surface area contributed by atoms with Crippen LogP contribution in [-0.2, 0) is 22.4 Å². The van der Waals surface area contributed by atoms with Crippen LogP contribution in [0, 0.1) is 10.8 Å². The highest BCUT2D eigenvalue weighted by Crippen LogP contribution is 2.59. The zero-order chi connectivity index (χ0) is 29.4. The van der Waals surface area contributed by atoms with Gasteiger partial charge in [0, 0.05) is 39.9 Å². The summed E-state index contributed by atoms with van der Waals surface area (Å²) in [7, 11) is 0. The number of likely N-dealkylation sites (tertiary alicyclic amines) is 1. The van der Waals surface area contributed by atoms with Gasteiger partial charge in [-0.1, -0.05) is 25.1 Å². The summed E-state index contributed by atoms with van der Waals surface area (Å²) in [6, 6.07) is 15.4. The molecule has 2 aliphatic carbocycles. The summed E-state index contributed by atoms with van der Waals surface area (Å²) in [5.74, 6) is 0.482. The van der Waals surface area contributed by atoms with Crippen molar-refractivity contribution in [3.63, 3.8) is 0 Å². The predicted octanol–water partition coefficient (Wildman–Crippen LogP) is 3.63. The summed E-state index contributed by atoms with van der Waals surface area (Å²) in [5.41, 5.74) is 3.99. The fourth-order valence-corrected chi connectivity index (χ4v) is 7.38. The first-order chi connectivity index (χ1) is 20.3. The summed E-state index contributed by atoms with van der Waals surface area (Å²) in [6.07, 6.45) is 3.52. The summed E-state index contributed by atoms with van der Waals surface area (Å²) in [6.45, 7) is 1.92. The lowest BCUT2D eigenvalue weighted by Gasteiger charge is -2.30. The van der Waals surface area contributed by atoms with E-state index in [0.29, 0.717) is 48.3 Å². The summed E-state index contributed by atoms with van der Waals surface area (Å²) in [4.78, 5) is 42.4. The fourth-order valence-electron chi connectivity index (χ4n) is 6.21. The molecule has 3 aromatic rings. The van der Waals surface area contributed by atoms with Crippen LogP contribution in [0.15, 0.2) is 60.0 Å². The van der Waals surface area contributed by atoms with E-state index in [1.54, 1.807) is 29.2 Å². The molecule has 42 heavy (non-hydrogen) atoms. The van der Waals surface area contributed by atoms with Gasteiger partial charge >= 0.3 is 0 Å². The van der Waals surface area contributed by atoms with Gasteiger partial charge in [0.25, 0.3) is 5.91 Å². The second-order valence-electron chi connectivity index (χ2n) is 11.5. The van der Waals surface area contributed by atoms with E-state index in [1.807, 2.05) is 41.2 Å². The third-order valence-electron chi connectivity index (χ3n) is 8.60. The summed E-state index contributed by atoms with van der Waals surface area (Å²) < 4.78 is 5.78. The third-order valence-corrected chi connectivity index (χ3v) is 9.66. The average Bonchev–Trinajstić information content (AvgIpc) is 3.32. The van der Waals surface area contributed by atoms with Crippen molar-refractivity contribution in [2.75, 3.05) is 6.54 Å². The molecule has 4 atom stereocenters. The number of rotatable bonds is 8. The molecule has 1 saturated heterocycles. The Morgan fingerprint density at radius 3 is 2.57 bits per heavy atom. The van der Waals surface area contributed by atoms with Crippen molar-refractivity contribution in [3.8, 4) is 11.5 Å². The number of nitrogens with zero attached hydrogens (tertiary/aromatic N) is 1. The van der Waals surface area contributed by atoms with Crippen molar-refractivity contribution in [3.05, 3.63) is 81.5 Å². The molecule has 2 fully saturated rings. The molecule has 6 rings (SSSR count). The maximum atomic E-state index is 13.5. The summed E-state index contributed by atoms with van der Waals surface area (Å²) in [5, 5.41) is 24.7. The number of thiophene rings is 1. The number of benzene rings is 2. The van der Waals surface area contributed by atoms with Crippen LogP contribution < -0.4 is 20.9 Å². The van der Waals surface area contributed by atoms with Gasteiger partial charge in [0.2, 0.25) is 11.8 Å². The normalized spacial score (nSPS) is 23.8. The zero-order valence-corrected chi connectivity index (χ0v) is 24.0. The fraction of sp³-hybridized carbons (Fsp3) is 0.355. The number of amidine groups is 1. The molecule has 3 aliphatic rings. The highest BCUT2D eigenvalue weighted by atomic mass is 32.1. The Labute approximate surface area is 247 Å². The third kappa shape index (κ3) is 5.49. The number of para-hydroxylation sites is 1. The van der Waals surface area contributed by atoms with Crippen LogP contribution >= 0.6 is 11.3 Å². The Morgan fingerprint density at radius 1 is 1.10 bits per heavy atom. The average molecular weight is 588 g/mol. The van der Waals surface area contributed by atoms with Crippen molar-refractivity contribution in [2.45, 2.75) is 57.2 Å². The van der Waals surface area contributed by atoms with Crippen LogP contribution in [0.3, 0.4) is 0 Å². The Balaban J connectivity index is 1.04. The maximum Gasteiger partial charge on any atom is 0.251 e. The molecule has 3 amide bonds. The molecule has 218 valence electrons. The highest BCUT2D eigenvalue weighted by molar-refractivity contribution is 7.10. The van der Waals surface area contributed by atoms with E-state index in [-0.39, 0.29) is 47.6 Å². The zero-order valence-electron chi connectivity index (χ0n) is 23.2. The molecule has 5 N–H and O–H groups in total. The summed E-state index contributed by atoms with van der Waals surface area (Å²) >= 11 is 1.52. The van der Waals surface area contributed by atoms with E-state index in [1.165, 1.54) is 11.3 Å². The van der Waals surface area contributed by atoms with Crippen molar-refractivity contribution in [1.82, 2.24) is 21.0 Å². The molecule has 1 aliphatic heterocycles. The van der Waals surface area contributed by atoms with Crippen molar-refractivity contribution in [1.29, 1.82) is 5.41 Å². The number of hydroxylamine groups is 1. The predicted molar refractivity (Wildman–Crippen MR) is 157 cm³/mol. The lowest BCUT2D eigenvalue weighted by molar-refractivity contribution is -0.139. The van der Waals surface area contributed by atoms with E-state index in [4.69, 9.17) is 15.4 Å². The van der Waals surface area contributed by atoms with Crippen LogP contribution in [0.25, 0.3) is 0 Å². The number of amides is 3. The van der Waals surface area contributed by atoms with Gasteiger partial charge in [-0.15, -0.1) is 11.3 Å². The van der Waals surface area contributed by atoms with Crippen LogP contribution in [-0.4, -0.2) is 58.3 Å². The molecule has 2 heterocycles. The molecular formula is C31H33N5O5S. The minimum absolute atomic E-state index is 0.00174. The van der Waals surface area contributed by atoms with Crippen LogP contribution in [0.4, 0.5) is 0 Å². The lowest BCUT2D eigenvalue weighted by atomic mass is 9.91. The minimum atomic E-state index is -0.570. The molecular weight excluding hydrogens is 554 g/mol. The van der Waals surface area contributed by atoms with Crippen LogP contribution in [0.2, 0.25) is 0 Å². The number of nitrogens with one attached hydrogen (secondary N) is 4. The van der Waals surface area contributed by atoms with Gasteiger partial charge in [0.1, 0.15) is 23.4 Å². The molecule has 2 aromatic carbocycles. The molecule has 0 spiro atoms. The second kappa shape index (κ2) is 11.2. The Kier molecular flexibility index (Phi) is 7.46. The van der Waals surface area contributed by atoms with Crippen molar-refractivity contribution >= 4 is 34.9 Å². The molecule has 0 radical (unpaired) electrons. The maximum absolute atomic E-state index is 13.5. The van der Waals surface area contributed by atoms with Gasteiger partial charge in [0.15, 0.2) is 0 Å². The quantitative estimate of drug-likeness (QED) is 0.155. The Hall–Kier alpha value is -4.22. The van der Waals surface area contributed by atoms with Crippen molar-refractivity contribution in [2.24, 2.45) is 5.41 Å². The Morgan fingerprint density at radius 2 is 1.83 bits per heavy atom. The first-order valence-electron chi connectivity index (χ1n) is 14.1. The SMILES string of the molecule is C[C@@]12C[C@@H]1N(C(=O)CNC(=O)c1ccc(Oc3ccccc3)cc1)[C@H](C(=O)NC1CCc3c(C(=N)NO)csc3C1)C2. The van der Waals surface area contributed by atoms with E-state index < -0.39 is 6.04 Å². The molecule has 10 nitrogen and oxygen atoms in total. The first-order valence-corrected chi connectivity index (χ1v) is 14.9. The van der Waals surface area contributed by atoms with Crippen LogP contribution in [0.5, 0.6) is 11.5 Å². The largest absolute Gasteiger partial charge is 0.457 e. The van der Waals surface area contributed by atoms with Crippen LogP contribution in [0.1, 0.15) is 52.5 Å². The van der Waals surface area contributed by atoms with Gasteiger partial charge in [-0.2, -0.15) is 0 Å². The van der Waals surface area contributed by atoms with E-state index in [2.05, 4.69) is 17.6 Å². The van der Waals surface area contributed by atoms with Gasteiger partial charge < -0.3 is 20.3 Å². The van der Waals surface area contributed by atoms with Gasteiger partial charge in [-0.3, -0.25) is 30.5 Å². The second-order valence-corrected chi connectivity index (χ2v) is 12.5. The topological polar surface area (TPSA) is 144 Å². The van der Waals surface area contributed by atoms with Gasteiger partial charge in [-0.25, -0.2) is 0 Å². The molecule has 0 bridgehead atoms. The van der Waals surface area contributed by atoms with Crippen molar-refractivity contribution < 1.29 is 24.3 Å². The monoisotopic (exact) mass is 587 g/mol. The smallest absolute Gasteiger partial charge is 0.251 e. The van der Waals surface area contributed by atoms with E-state index in [0.717, 1.165) is 16.9 Å². The van der Waals surface area contributed by atoms with E-state index >= 15 is 0 Å². The number of ether oxygens (including phenoxy) is 1. The van der Waals surface area contributed by atoms with Gasteiger partial charge in [0.05, 0.1) is 6.54 Å². The number of hydrogen-bond donors (Lipinski definition) is 5. The number of piperidine rings is 1. The number of carbonyl (C=O) groups excluding carboxylic acids is 3. The van der Waals surface area contributed by atoms with E-state index in [9.17, 15) is 14.4 Å². The molecule has 1 aromatic heterocycles. The van der Waals surface area contributed by atoms with Gasteiger partial charge in [-0.05, 0) is 73.1 Å². The standard InChI is InChI=1S/C31H33N5O5S/c1-31-14-24(30(39)34-19-9-12-22-23(28(32)35-40)17-42-25(22)13-19)36(26(31)15-31)27(37)16-33-29(38)18-7-10-21(11-8-18)41-20-5-3-2-4-6-20/h2-8,10-11,17,19,24,26,40H,9,12-16H2,1H3,(H2,32,35)(H,33,38)(H,34,39)/t19?,24-,26-,31+/m0/s1. The molecule has 1 unspecified atom stereocenters. The molecule has 1 saturated carbocycles. The minimum Gasteiger partial charge on any atom is -0.457 e. The first kappa shape index (κ1) is 27.9. The number of fused-ring (bicyclic) bond motifs is 2. The number of hydrogen-bond acceptors (Lipinski definition) is 7. The lowest BCUT2D eigenvalue weighted by Crippen LogP contribution is -2.53.